The standard InChI is InChI=1S/C11H8ClFINO/c12-8-2-1-3-9(13)11(8)15-6-7-4-5-10(14)16-7/h1-5,15H,6H2. The number of nitrogens with one attached hydrogen (secondary N) is 1. The van der Waals surface area contributed by atoms with Gasteiger partial charge in [-0.2, -0.15) is 0 Å². The molecule has 0 bridgehead atoms. The molecule has 0 unspecified atom stereocenters. The van der Waals surface area contributed by atoms with Gasteiger partial charge in [0, 0.05) is 0 Å². The van der Waals surface area contributed by atoms with Gasteiger partial charge < -0.3 is 9.73 Å². The second-order valence-corrected chi connectivity index (χ2v) is 4.63. The molecular weight excluding hydrogens is 343 g/mol. The largest absolute Gasteiger partial charge is 0.454 e. The van der Waals surface area contributed by atoms with Crippen molar-refractivity contribution >= 4 is 39.9 Å². The first-order valence-corrected chi connectivity index (χ1v) is 6.04. The number of halogens is 3. The molecule has 0 amide bonds. The SMILES string of the molecule is Fc1cccc(Cl)c1NCc1ccc(I)o1. The Balaban J connectivity index is 2.10. The first-order chi connectivity index (χ1) is 7.66. The fourth-order valence-corrected chi connectivity index (χ4v) is 1.98. The zero-order valence-corrected chi connectivity index (χ0v) is 11.0. The van der Waals surface area contributed by atoms with Crippen LogP contribution in [0.1, 0.15) is 5.76 Å². The molecule has 0 saturated heterocycles. The van der Waals surface area contributed by atoms with Crippen LogP contribution in [0.4, 0.5) is 10.1 Å². The van der Waals surface area contributed by atoms with Crippen molar-refractivity contribution in [3.8, 4) is 0 Å². The van der Waals surface area contributed by atoms with E-state index in [4.69, 9.17) is 16.0 Å². The van der Waals surface area contributed by atoms with Gasteiger partial charge in [0.05, 0.1) is 17.3 Å². The lowest BCUT2D eigenvalue weighted by molar-refractivity contribution is 0.492. The van der Waals surface area contributed by atoms with Crippen molar-refractivity contribution < 1.29 is 8.81 Å². The highest BCUT2D eigenvalue weighted by molar-refractivity contribution is 14.1. The smallest absolute Gasteiger partial charge is 0.164 e. The zero-order valence-electron chi connectivity index (χ0n) is 8.14. The second-order valence-electron chi connectivity index (χ2n) is 3.16. The maximum atomic E-state index is 13.4. The van der Waals surface area contributed by atoms with Gasteiger partial charge in [0.2, 0.25) is 0 Å². The van der Waals surface area contributed by atoms with Crippen molar-refractivity contribution in [2.24, 2.45) is 0 Å². The molecule has 0 aliphatic carbocycles. The lowest BCUT2D eigenvalue weighted by Gasteiger charge is -2.07. The fourth-order valence-electron chi connectivity index (χ4n) is 1.29. The summed E-state index contributed by atoms with van der Waals surface area (Å²) in [5, 5.41) is 3.27. The molecule has 0 atom stereocenters. The lowest BCUT2D eigenvalue weighted by Crippen LogP contribution is -2.01. The number of benzene rings is 1. The third-order valence-corrected chi connectivity index (χ3v) is 2.93. The molecule has 16 heavy (non-hydrogen) atoms. The van der Waals surface area contributed by atoms with Crippen LogP contribution in [-0.4, -0.2) is 0 Å². The van der Waals surface area contributed by atoms with E-state index in [0.29, 0.717) is 17.3 Å². The van der Waals surface area contributed by atoms with Crippen LogP contribution in [0.2, 0.25) is 5.02 Å². The molecule has 0 fully saturated rings. The van der Waals surface area contributed by atoms with Gasteiger partial charge in [0.25, 0.3) is 0 Å². The third-order valence-electron chi connectivity index (χ3n) is 2.03. The zero-order chi connectivity index (χ0) is 11.5. The van der Waals surface area contributed by atoms with Crippen LogP contribution >= 0.6 is 34.2 Å². The third kappa shape index (κ3) is 2.68. The van der Waals surface area contributed by atoms with E-state index in [2.05, 4.69) is 27.9 Å². The first-order valence-electron chi connectivity index (χ1n) is 4.59. The van der Waals surface area contributed by atoms with Crippen LogP contribution in [0.3, 0.4) is 0 Å². The average molecular weight is 352 g/mol. The van der Waals surface area contributed by atoms with Crippen molar-refractivity contribution in [3.05, 3.63) is 50.7 Å². The number of furan rings is 1. The fraction of sp³-hybridized carbons (Fsp3) is 0.0909. The van der Waals surface area contributed by atoms with E-state index in [1.54, 1.807) is 12.1 Å². The second kappa shape index (κ2) is 5.05. The highest BCUT2D eigenvalue weighted by Crippen LogP contribution is 2.25. The molecule has 0 aliphatic heterocycles. The molecule has 2 rings (SSSR count). The summed E-state index contributed by atoms with van der Waals surface area (Å²) < 4.78 is 19.5. The Bertz CT molecular complexity index is 480. The highest BCUT2D eigenvalue weighted by Gasteiger charge is 2.07. The summed E-state index contributed by atoms with van der Waals surface area (Å²) in [6.45, 7) is 0.406. The predicted molar refractivity (Wildman–Crippen MR) is 70.2 cm³/mol. The lowest BCUT2D eigenvalue weighted by atomic mass is 10.3. The molecule has 2 nitrogen and oxygen atoms in total. The topological polar surface area (TPSA) is 25.2 Å². The van der Waals surface area contributed by atoms with Crippen molar-refractivity contribution in [2.45, 2.75) is 6.54 Å². The maximum Gasteiger partial charge on any atom is 0.164 e. The summed E-state index contributed by atoms with van der Waals surface area (Å²) >= 11 is 7.94. The van der Waals surface area contributed by atoms with Gasteiger partial charge in [-0.15, -0.1) is 0 Å². The monoisotopic (exact) mass is 351 g/mol. The van der Waals surface area contributed by atoms with Gasteiger partial charge in [-0.25, -0.2) is 4.39 Å². The Morgan fingerprint density at radius 1 is 1.31 bits per heavy atom. The molecular formula is C11H8ClFINO. The minimum atomic E-state index is -0.367. The van der Waals surface area contributed by atoms with Crippen LogP contribution in [0.5, 0.6) is 0 Å². The number of hydrogen-bond donors (Lipinski definition) is 1. The van der Waals surface area contributed by atoms with Crippen molar-refractivity contribution in [1.82, 2.24) is 0 Å². The van der Waals surface area contributed by atoms with E-state index in [-0.39, 0.29) is 5.82 Å². The minimum absolute atomic E-state index is 0.301. The Labute approximate surface area is 111 Å². The van der Waals surface area contributed by atoms with Crippen LogP contribution in [-0.2, 0) is 6.54 Å². The van der Waals surface area contributed by atoms with E-state index in [0.717, 1.165) is 9.53 Å². The Morgan fingerprint density at radius 2 is 2.12 bits per heavy atom. The summed E-state index contributed by atoms with van der Waals surface area (Å²) in [4.78, 5) is 0. The van der Waals surface area contributed by atoms with Crippen LogP contribution in [0.15, 0.2) is 34.7 Å². The number of anilines is 1. The molecule has 0 aliphatic rings. The molecule has 1 aromatic carbocycles. The summed E-state index contributed by atoms with van der Waals surface area (Å²) in [7, 11) is 0. The van der Waals surface area contributed by atoms with Gasteiger partial charge in [-0.05, 0) is 46.9 Å². The average Bonchev–Trinajstić information content (AvgIpc) is 2.63. The van der Waals surface area contributed by atoms with E-state index in [1.807, 2.05) is 12.1 Å². The van der Waals surface area contributed by atoms with Crippen molar-refractivity contribution in [3.63, 3.8) is 0 Å². The maximum absolute atomic E-state index is 13.4. The molecule has 0 radical (unpaired) electrons. The molecule has 1 aromatic heterocycles. The molecule has 2 aromatic rings. The van der Waals surface area contributed by atoms with Crippen LogP contribution in [0.25, 0.3) is 0 Å². The van der Waals surface area contributed by atoms with Gasteiger partial charge in [-0.3, -0.25) is 0 Å². The number of hydrogen-bond acceptors (Lipinski definition) is 2. The van der Waals surface area contributed by atoms with E-state index < -0.39 is 0 Å². The normalized spacial score (nSPS) is 10.4. The molecule has 1 heterocycles. The summed E-state index contributed by atoms with van der Waals surface area (Å²) in [5.74, 6) is 0.373. The quantitative estimate of drug-likeness (QED) is 0.835. The summed E-state index contributed by atoms with van der Waals surface area (Å²) in [6, 6.07) is 8.25. The van der Waals surface area contributed by atoms with Crippen LogP contribution in [0, 0.1) is 9.58 Å². The molecule has 0 spiro atoms. The van der Waals surface area contributed by atoms with E-state index in [9.17, 15) is 4.39 Å². The first kappa shape index (κ1) is 11.7. The minimum Gasteiger partial charge on any atom is -0.454 e. The van der Waals surface area contributed by atoms with E-state index in [1.165, 1.54) is 6.07 Å². The van der Waals surface area contributed by atoms with Crippen molar-refractivity contribution in [1.29, 1.82) is 0 Å². The predicted octanol–water partition coefficient (Wildman–Crippen LogP) is 4.29. The van der Waals surface area contributed by atoms with E-state index >= 15 is 0 Å². The van der Waals surface area contributed by atoms with Gasteiger partial charge in [-0.1, -0.05) is 17.7 Å². The molecule has 5 heteroatoms. The Hall–Kier alpha value is -0.750. The van der Waals surface area contributed by atoms with Crippen LogP contribution < -0.4 is 5.32 Å². The Morgan fingerprint density at radius 3 is 2.75 bits per heavy atom. The summed E-state index contributed by atoms with van der Waals surface area (Å²) in [5.41, 5.74) is 0.301. The van der Waals surface area contributed by atoms with Crippen molar-refractivity contribution in [2.75, 3.05) is 5.32 Å². The van der Waals surface area contributed by atoms with Gasteiger partial charge in [0.1, 0.15) is 11.6 Å². The Kier molecular flexibility index (Phi) is 3.70. The van der Waals surface area contributed by atoms with Gasteiger partial charge in [0.15, 0.2) is 3.77 Å². The highest BCUT2D eigenvalue weighted by atomic mass is 127. The molecule has 0 saturated carbocycles. The number of para-hydroxylation sites is 1. The summed E-state index contributed by atoms with van der Waals surface area (Å²) in [6.07, 6.45) is 0. The molecule has 1 N–H and O–H groups in total. The number of rotatable bonds is 3. The van der Waals surface area contributed by atoms with Gasteiger partial charge >= 0.3 is 0 Å². The molecule has 84 valence electrons.